The number of anilines is 1. The maximum atomic E-state index is 12.3. The second-order valence-corrected chi connectivity index (χ2v) is 6.17. The molecule has 0 aliphatic carbocycles. The van der Waals surface area contributed by atoms with Crippen LogP contribution in [0.4, 0.5) is 5.69 Å². The Hall–Kier alpha value is -2.89. The Morgan fingerprint density at radius 2 is 1.59 bits per heavy atom. The van der Waals surface area contributed by atoms with Crippen LogP contribution in [0.25, 0.3) is 0 Å². The van der Waals surface area contributed by atoms with Crippen LogP contribution >= 0.6 is 0 Å². The summed E-state index contributed by atoms with van der Waals surface area (Å²) in [5.41, 5.74) is 2.71. The number of rotatable bonds is 7. The van der Waals surface area contributed by atoms with E-state index in [1.165, 1.54) is 0 Å². The summed E-state index contributed by atoms with van der Waals surface area (Å²) in [6.45, 7) is 4.97. The lowest BCUT2D eigenvalue weighted by molar-refractivity contribution is -0.116. The van der Waals surface area contributed by atoms with Gasteiger partial charge in [-0.05, 0) is 43.2 Å². The van der Waals surface area contributed by atoms with Crippen LogP contribution in [0.3, 0.4) is 0 Å². The first kappa shape index (κ1) is 18.9. The normalized spacial score (nSPS) is 15.6. The van der Waals surface area contributed by atoms with Crippen molar-refractivity contribution in [1.82, 2.24) is 0 Å². The quantitative estimate of drug-likeness (QED) is 0.798. The topological polar surface area (TPSA) is 66.0 Å². The summed E-state index contributed by atoms with van der Waals surface area (Å²) in [4.78, 5) is 12.3. The van der Waals surface area contributed by atoms with E-state index < -0.39 is 0 Å². The van der Waals surface area contributed by atoms with Gasteiger partial charge in [-0.3, -0.25) is 4.79 Å². The summed E-state index contributed by atoms with van der Waals surface area (Å²) in [6, 6.07) is 9.57. The van der Waals surface area contributed by atoms with Gasteiger partial charge in [-0.15, -0.1) is 0 Å². The Morgan fingerprint density at radius 3 is 2.26 bits per heavy atom. The Labute approximate surface area is 159 Å². The van der Waals surface area contributed by atoms with Gasteiger partial charge in [-0.25, -0.2) is 0 Å². The van der Waals surface area contributed by atoms with Crippen LogP contribution in [-0.2, 0) is 4.79 Å². The number of carbonyl (C=O) groups is 1. The monoisotopic (exact) mass is 371 g/mol. The Kier molecular flexibility index (Phi) is 5.74. The Bertz CT molecular complexity index is 834. The fraction of sp³-hybridized carbons (Fsp3) is 0.381. The predicted octanol–water partition coefficient (Wildman–Crippen LogP) is 3.98. The van der Waals surface area contributed by atoms with Gasteiger partial charge in [-0.2, -0.15) is 0 Å². The molecule has 0 aromatic heterocycles. The SMILES string of the molecule is CCOc1ccc([C@H]2CC(=O)Nc3cc(OC)c(OC)cc32)cc1OCC. The fourth-order valence-electron chi connectivity index (χ4n) is 3.37. The highest BCUT2D eigenvalue weighted by molar-refractivity contribution is 5.96. The third-order valence-corrected chi connectivity index (χ3v) is 4.56. The standard InChI is InChI=1S/C21H25NO5/c1-5-26-17-8-7-13(9-20(17)27-6-2)14-11-21(23)22-16-12-19(25-4)18(24-3)10-15(14)16/h7-10,12,14H,5-6,11H2,1-4H3,(H,22,23)/t14-/m1/s1. The molecular weight excluding hydrogens is 346 g/mol. The lowest BCUT2D eigenvalue weighted by Crippen LogP contribution is -2.23. The van der Waals surface area contributed by atoms with Crippen LogP contribution in [-0.4, -0.2) is 33.3 Å². The van der Waals surface area contributed by atoms with Gasteiger partial charge >= 0.3 is 0 Å². The van der Waals surface area contributed by atoms with Crippen molar-refractivity contribution in [2.24, 2.45) is 0 Å². The minimum absolute atomic E-state index is 0.0356. The van der Waals surface area contributed by atoms with Crippen molar-refractivity contribution in [2.45, 2.75) is 26.2 Å². The zero-order valence-corrected chi connectivity index (χ0v) is 16.1. The zero-order chi connectivity index (χ0) is 19.4. The van der Waals surface area contributed by atoms with Gasteiger partial charge < -0.3 is 24.3 Å². The van der Waals surface area contributed by atoms with Crippen molar-refractivity contribution in [3.63, 3.8) is 0 Å². The molecule has 2 aromatic carbocycles. The fourth-order valence-corrected chi connectivity index (χ4v) is 3.37. The molecule has 0 spiro atoms. The van der Waals surface area contributed by atoms with E-state index in [1.807, 2.05) is 38.1 Å². The van der Waals surface area contributed by atoms with Crippen LogP contribution in [0.15, 0.2) is 30.3 Å². The van der Waals surface area contributed by atoms with Crippen molar-refractivity contribution in [2.75, 3.05) is 32.8 Å². The Balaban J connectivity index is 2.07. The van der Waals surface area contributed by atoms with Crippen LogP contribution < -0.4 is 24.3 Å². The maximum Gasteiger partial charge on any atom is 0.225 e. The second-order valence-electron chi connectivity index (χ2n) is 6.17. The molecule has 3 rings (SSSR count). The van der Waals surface area contributed by atoms with E-state index in [2.05, 4.69) is 5.32 Å². The molecule has 0 unspecified atom stereocenters. The predicted molar refractivity (Wildman–Crippen MR) is 103 cm³/mol. The summed E-state index contributed by atoms with van der Waals surface area (Å²) in [5.74, 6) is 2.46. The number of amides is 1. The molecule has 1 heterocycles. The summed E-state index contributed by atoms with van der Waals surface area (Å²) in [6.07, 6.45) is 0.349. The van der Waals surface area contributed by atoms with Crippen LogP contribution in [0.5, 0.6) is 23.0 Å². The minimum Gasteiger partial charge on any atom is -0.493 e. The summed E-state index contributed by atoms with van der Waals surface area (Å²) in [5, 5.41) is 2.93. The van der Waals surface area contributed by atoms with Gasteiger partial charge in [0.2, 0.25) is 5.91 Å². The van der Waals surface area contributed by atoms with Gasteiger partial charge in [0.05, 0.1) is 27.4 Å². The molecule has 0 saturated carbocycles. The molecule has 144 valence electrons. The lowest BCUT2D eigenvalue weighted by Gasteiger charge is -2.27. The molecule has 1 atom stereocenters. The van der Waals surface area contributed by atoms with Crippen molar-refractivity contribution in [1.29, 1.82) is 0 Å². The van der Waals surface area contributed by atoms with Gasteiger partial charge in [0.15, 0.2) is 23.0 Å². The van der Waals surface area contributed by atoms with Gasteiger partial charge in [-0.1, -0.05) is 6.07 Å². The van der Waals surface area contributed by atoms with E-state index in [4.69, 9.17) is 18.9 Å². The highest BCUT2D eigenvalue weighted by Crippen LogP contribution is 2.44. The smallest absolute Gasteiger partial charge is 0.225 e. The van der Waals surface area contributed by atoms with Crippen LogP contribution in [0.2, 0.25) is 0 Å². The number of hydrogen-bond acceptors (Lipinski definition) is 5. The van der Waals surface area contributed by atoms with Gasteiger partial charge in [0.1, 0.15) is 0 Å². The summed E-state index contributed by atoms with van der Waals surface area (Å²) >= 11 is 0. The highest BCUT2D eigenvalue weighted by Gasteiger charge is 2.29. The van der Waals surface area contributed by atoms with E-state index in [9.17, 15) is 4.79 Å². The Morgan fingerprint density at radius 1 is 0.926 bits per heavy atom. The first-order valence-electron chi connectivity index (χ1n) is 9.06. The largest absolute Gasteiger partial charge is 0.493 e. The average molecular weight is 371 g/mol. The molecular formula is C21H25NO5. The van der Waals surface area contributed by atoms with E-state index in [0.29, 0.717) is 42.6 Å². The van der Waals surface area contributed by atoms with Crippen molar-refractivity contribution >= 4 is 11.6 Å². The molecule has 6 nitrogen and oxygen atoms in total. The number of benzene rings is 2. The summed E-state index contributed by atoms with van der Waals surface area (Å²) in [7, 11) is 3.18. The number of carbonyl (C=O) groups excluding carboxylic acids is 1. The molecule has 1 N–H and O–H groups in total. The molecule has 2 aromatic rings. The number of ether oxygens (including phenoxy) is 4. The first-order chi connectivity index (χ1) is 13.1. The minimum atomic E-state index is -0.108. The van der Waals surface area contributed by atoms with E-state index in [0.717, 1.165) is 16.8 Å². The maximum absolute atomic E-state index is 12.3. The van der Waals surface area contributed by atoms with Crippen LogP contribution in [0.1, 0.15) is 37.3 Å². The number of hydrogen-bond donors (Lipinski definition) is 1. The molecule has 6 heteroatoms. The second kappa shape index (κ2) is 8.20. The molecule has 1 aliphatic rings. The first-order valence-corrected chi connectivity index (χ1v) is 9.06. The van der Waals surface area contributed by atoms with Crippen LogP contribution in [0, 0.1) is 0 Å². The molecule has 0 fully saturated rings. The van der Waals surface area contributed by atoms with Gasteiger partial charge in [0.25, 0.3) is 0 Å². The molecule has 0 bridgehead atoms. The van der Waals surface area contributed by atoms with E-state index in [-0.39, 0.29) is 11.8 Å². The third-order valence-electron chi connectivity index (χ3n) is 4.56. The zero-order valence-electron chi connectivity index (χ0n) is 16.1. The molecule has 0 radical (unpaired) electrons. The average Bonchev–Trinajstić information content (AvgIpc) is 2.68. The van der Waals surface area contributed by atoms with E-state index >= 15 is 0 Å². The number of methoxy groups -OCH3 is 2. The van der Waals surface area contributed by atoms with E-state index in [1.54, 1.807) is 20.3 Å². The van der Waals surface area contributed by atoms with Gasteiger partial charge in [0, 0.05) is 24.1 Å². The summed E-state index contributed by atoms with van der Waals surface area (Å²) < 4.78 is 22.2. The highest BCUT2D eigenvalue weighted by atomic mass is 16.5. The molecule has 1 aliphatic heterocycles. The van der Waals surface area contributed by atoms with Crippen molar-refractivity contribution < 1.29 is 23.7 Å². The molecule has 1 amide bonds. The van der Waals surface area contributed by atoms with Crippen molar-refractivity contribution in [3.8, 4) is 23.0 Å². The molecule has 27 heavy (non-hydrogen) atoms. The lowest BCUT2D eigenvalue weighted by atomic mass is 9.84. The molecule has 0 saturated heterocycles. The number of fused-ring (bicyclic) bond motifs is 1. The number of nitrogens with one attached hydrogen (secondary N) is 1. The van der Waals surface area contributed by atoms with Crippen molar-refractivity contribution in [3.05, 3.63) is 41.5 Å². The third kappa shape index (κ3) is 3.79.